The lowest BCUT2D eigenvalue weighted by Crippen LogP contribution is -2.25. The molecule has 0 aliphatic carbocycles. The maximum atomic E-state index is 4.63. The van der Waals surface area contributed by atoms with Crippen molar-refractivity contribution in [1.29, 1.82) is 0 Å². The van der Waals surface area contributed by atoms with E-state index >= 15 is 0 Å². The standard InChI is InChI=1S/C18H25N5/c1-14(2)15-7-9-16(10-8-15)20-18-21-17(13-19-22-18)23-11-5-3-4-6-12-23/h7-10,13-14H,3-6,11-12H2,1-2H3,(H,20,21,22). The molecule has 0 bridgehead atoms. The zero-order valence-corrected chi connectivity index (χ0v) is 14.0. The first-order valence-corrected chi connectivity index (χ1v) is 8.54. The molecule has 0 unspecified atom stereocenters. The maximum Gasteiger partial charge on any atom is 0.249 e. The van der Waals surface area contributed by atoms with E-state index in [-0.39, 0.29) is 0 Å². The molecular weight excluding hydrogens is 286 g/mol. The van der Waals surface area contributed by atoms with E-state index in [1.165, 1.54) is 31.2 Å². The van der Waals surface area contributed by atoms with Crippen molar-refractivity contribution in [2.75, 3.05) is 23.3 Å². The number of benzene rings is 1. The third kappa shape index (κ3) is 4.18. The Bertz CT molecular complexity index is 616. The van der Waals surface area contributed by atoms with Crippen LogP contribution in [-0.2, 0) is 0 Å². The second kappa shape index (κ2) is 7.40. The van der Waals surface area contributed by atoms with Gasteiger partial charge in [0, 0.05) is 18.8 Å². The number of hydrogen-bond acceptors (Lipinski definition) is 5. The molecule has 0 amide bonds. The molecule has 5 nitrogen and oxygen atoms in total. The van der Waals surface area contributed by atoms with Crippen molar-refractivity contribution in [3.05, 3.63) is 36.0 Å². The maximum absolute atomic E-state index is 4.63. The van der Waals surface area contributed by atoms with E-state index in [9.17, 15) is 0 Å². The van der Waals surface area contributed by atoms with Crippen molar-refractivity contribution in [3.63, 3.8) is 0 Å². The lowest BCUT2D eigenvalue weighted by atomic mass is 10.0. The Labute approximate surface area is 138 Å². The Morgan fingerprint density at radius 3 is 2.35 bits per heavy atom. The van der Waals surface area contributed by atoms with Crippen molar-refractivity contribution in [1.82, 2.24) is 15.2 Å². The van der Waals surface area contributed by atoms with E-state index in [2.05, 4.69) is 63.5 Å². The first kappa shape index (κ1) is 15.7. The molecule has 122 valence electrons. The monoisotopic (exact) mass is 311 g/mol. The minimum atomic E-state index is 0.535. The van der Waals surface area contributed by atoms with Crippen LogP contribution in [0.4, 0.5) is 17.5 Å². The molecule has 0 saturated carbocycles. The molecule has 1 aliphatic rings. The van der Waals surface area contributed by atoms with Gasteiger partial charge in [0.15, 0.2) is 5.82 Å². The molecular formula is C18H25N5. The second-order valence-electron chi connectivity index (χ2n) is 6.44. The van der Waals surface area contributed by atoms with Crippen LogP contribution < -0.4 is 10.2 Å². The van der Waals surface area contributed by atoms with E-state index < -0.39 is 0 Å². The fourth-order valence-corrected chi connectivity index (χ4v) is 2.88. The van der Waals surface area contributed by atoms with Gasteiger partial charge in [0.25, 0.3) is 0 Å². The molecule has 3 rings (SSSR count). The lowest BCUT2D eigenvalue weighted by molar-refractivity contribution is 0.726. The zero-order chi connectivity index (χ0) is 16.1. The molecule has 1 fully saturated rings. The van der Waals surface area contributed by atoms with Crippen molar-refractivity contribution in [3.8, 4) is 0 Å². The summed E-state index contributed by atoms with van der Waals surface area (Å²) in [4.78, 5) is 6.95. The van der Waals surface area contributed by atoms with Gasteiger partial charge in [0.05, 0.1) is 6.20 Å². The summed E-state index contributed by atoms with van der Waals surface area (Å²) in [5.41, 5.74) is 2.32. The van der Waals surface area contributed by atoms with Gasteiger partial charge in [-0.05, 0) is 36.5 Å². The van der Waals surface area contributed by atoms with Gasteiger partial charge in [0.2, 0.25) is 5.95 Å². The van der Waals surface area contributed by atoms with Gasteiger partial charge in [0.1, 0.15) is 0 Å². The number of nitrogens with zero attached hydrogens (tertiary/aromatic N) is 4. The summed E-state index contributed by atoms with van der Waals surface area (Å²) in [5.74, 6) is 2.01. The SMILES string of the molecule is CC(C)c1ccc(Nc2nncc(N3CCCCCC3)n2)cc1. The van der Waals surface area contributed by atoms with Crippen molar-refractivity contribution in [2.45, 2.75) is 45.4 Å². The Morgan fingerprint density at radius 2 is 1.70 bits per heavy atom. The summed E-state index contributed by atoms with van der Waals surface area (Å²) >= 11 is 0. The normalized spacial score (nSPS) is 15.5. The highest BCUT2D eigenvalue weighted by atomic mass is 15.3. The molecule has 1 aromatic carbocycles. The molecule has 0 spiro atoms. The number of rotatable bonds is 4. The average molecular weight is 311 g/mol. The van der Waals surface area contributed by atoms with Gasteiger partial charge in [-0.15, -0.1) is 5.10 Å². The fourth-order valence-electron chi connectivity index (χ4n) is 2.88. The lowest BCUT2D eigenvalue weighted by Gasteiger charge is -2.21. The summed E-state index contributed by atoms with van der Waals surface area (Å²) in [6, 6.07) is 8.41. The molecule has 23 heavy (non-hydrogen) atoms. The van der Waals surface area contributed by atoms with E-state index in [0.29, 0.717) is 11.9 Å². The molecule has 2 heterocycles. The van der Waals surface area contributed by atoms with Crippen LogP contribution in [0.3, 0.4) is 0 Å². The van der Waals surface area contributed by atoms with Gasteiger partial charge >= 0.3 is 0 Å². The first-order chi connectivity index (χ1) is 11.2. The summed E-state index contributed by atoms with van der Waals surface area (Å²) in [6.45, 7) is 6.50. The van der Waals surface area contributed by atoms with Crippen LogP contribution in [0, 0.1) is 0 Å². The minimum absolute atomic E-state index is 0.535. The summed E-state index contributed by atoms with van der Waals surface area (Å²) in [6.07, 6.45) is 6.83. The van der Waals surface area contributed by atoms with Gasteiger partial charge in [-0.25, -0.2) is 0 Å². The van der Waals surface area contributed by atoms with Gasteiger partial charge in [-0.2, -0.15) is 10.1 Å². The predicted molar refractivity (Wildman–Crippen MR) is 94.3 cm³/mol. The van der Waals surface area contributed by atoms with Crippen LogP contribution in [0.5, 0.6) is 0 Å². The highest BCUT2D eigenvalue weighted by molar-refractivity contribution is 5.55. The highest BCUT2D eigenvalue weighted by Crippen LogP contribution is 2.21. The Morgan fingerprint density at radius 1 is 1.00 bits per heavy atom. The van der Waals surface area contributed by atoms with Crippen LogP contribution in [-0.4, -0.2) is 28.3 Å². The molecule has 0 radical (unpaired) electrons. The van der Waals surface area contributed by atoms with Gasteiger partial charge < -0.3 is 10.2 Å². The molecule has 0 atom stereocenters. The highest BCUT2D eigenvalue weighted by Gasteiger charge is 2.12. The minimum Gasteiger partial charge on any atom is -0.355 e. The smallest absolute Gasteiger partial charge is 0.249 e. The van der Waals surface area contributed by atoms with E-state index in [4.69, 9.17) is 0 Å². The molecule has 1 saturated heterocycles. The van der Waals surface area contributed by atoms with E-state index in [1.807, 2.05) is 0 Å². The molecule has 1 aromatic heterocycles. The molecule has 1 N–H and O–H groups in total. The summed E-state index contributed by atoms with van der Waals surface area (Å²) < 4.78 is 0. The molecule has 2 aromatic rings. The Hall–Kier alpha value is -2.17. The summed E-state index contributed by atoms with van der Waals surface area (Å²) in [7, 11) is 0. The zero-order valence-electron chi connectivity index (χ0n) is 14.0. The number of nitrogens with one attached hydrogen (secondary N) is 1. The topological polar surface area (TPSA) is 53.9 Å². The third-order valence-corrected chi connectivity index (χ3v) is 4.31. The van der Waals surface area contributed by atoms with Crippen LogP contribution in [0.1, 0.15) is 51.0 Å². The number of aromatic nitrogens is 3. The van der Waals surface area contributed by atoms with Gasteiger partial charge in [-0.3, -0.25) is 0 Å². The van der Waals surface area contributed by atoms with Crippen LogP contribution in [0.25, 0.3) is 0 Å². The van der Waals surface area contributed by atoms with Crippen LogP contribution >= 0.6 is 0 Å². The largest absolute Gasteiger partial charge is 0.355 e. The third-order valence-electron chi connectivity index (χ3n) is 4.31. The number of hydrogen-bond donors (Lipinski definition) is 1. The quantitative estimate of drug-likeness (QED) is 0.920. The second-order valence-corrected chi connectivity index (χ2v) is 6.44. The average Bonchev–Trinajstić information content (AvgIpc) is 2.85. The van der Waals surface area contributed by atoms with E-state index in [0.717, 1.165) is 24.6 Å². The number of anilines is 3. The first-order valence-electron chi connectivity index (χ1n) is 8.54. The molecule has 1 aliphatic heterocycles. The fraction of sp³-hybridized carbons (Fsp3) is 0.500. The molecule has 5 heteroatoms. The summed E-state index contributed by atoms with van der Waals surface area (Å²) in [5, 5.41) is 11.5. The van der Waals surface area contributed by atoms with Crippen molar-refractivity contribution in [2.24, 2.45) is 0 Å². The van der Waals surface area contributed by atoms with Crippen LogP contribution in [0.2, 0.25) is 0 Å². The predicted octanol–water partition coefficient (Wildman–Crippen LogP) is 4.12. The van der Waals surface area contributed by atoms with Crippen molar-refractivity contribution < 1.29 is 0 Å². The Balaban J connectivity index is 1.71. The van der Waals surface area contributed by atoms with Crippen LogP contribution in [0.15, 0.2) is 30.5 Å². The van der Waals surface area contributed by atoms with Gasteiger partial charge in [-0.1, -0.05) is 38.8 Å². The van der Waals surface area contributed by atoms with Crippen molar-refractivity contribution >= 4 is 17.5 Å². The Kier molecular flexibility index (Phi) is 5.05. The van der Waals surface area contributed by atoms with E-state index in [1.54, 1.807) is 6.20 Å².